The number of rotatable bonds is 2. The van der Waals surface area contributed by atoms with E-state index in [1.165, 1.54) is 6.07 Å². The minimum Gasteiger partial charge on any atom is -0.354 e. The summed E-state index contributed by atoms with van der Waals surface area (Å²) in [5, 5.41) is 1.05. The second-order valence-corrected chi connectivity index (χ2v) is 4.54. The quantitative estimate of drug-likeness (QED) is 0.770. The van der Waals surface area contributed by atoms with Crippen LogP contribution >= 0.6 is 15.9 Å². The normalized spacial score (nSPS) is 18.1. The van der Waals surface area contributed by atoms with Crippen molar-refractivity contribution in [2.24, 2.45) is 5.92 Å². The first-order valence-electron chi connectivity index (χ1n) is 5.22. The molecule has 0 aromatic carbocycles. The van der Waals surface area contributed by atoms with Crippen LogP contribution in [0.5, 0.6) is 0 Å². The zero-order chi connectivity index (χ0) is 10.7. The van der Waals surface area contributed by atoms with Crippen molar-refractivity contribution >= 4 is 21.7 Å². The monoisotopic (exact) mass is 272 g/mol. The number of halogens is 2. The number of hydrogen-bond donors (Lipinski definition) is 0. The third-order valence-corrected chi connectivity index (χ3v) is 3.79. The summed E-state index contributed by atoms with van der Waals surface area (Å²) < 4.78 is 13.4. The molecule has 0 bridgehead atoms. The van der Waals surface area contributed by atoms with Gasteiger partial charge >= 0.3 is 0 Å². The van der Waals surface area contributed by atoms with Crippen LogP contribution in [0.15, 0.2) is 18.3 Å². The van der Waals surface area contributed by atoms with Crippen molar-refractivity contribution in [2.45, 2.75) is 12.8 Å². The number of hydrogen-bond acceptors (Lipinski definition) is 2. The lowest BCUT2D eigenvalue weighted by molar-refractivity contribution is 0.440. The van der Waals surface area contributed by atoms with Gasteiger partial charge in [0.15, 0.2) is 11.6 Å². The first-order chi connectivity index (χ1) is 7.31. The molecule has 4 heteroatoms. The molecule has 0 radical (unpaired) electrons. The van der Waals surface area contributed by atoms with Gasteiger partial charge in [-0.1, -0.05) is 15.9 Å². The van der Waals surface area contributed by atoms with Crippen LogP contribution in [0.1, 0.15) is 12.8 Å². The van der Waals surface area contributed by atoms with E-state index in [1.54, 1.807) is 12.3 Å². The number of alkyl halides is 1. The Kier molecular flexibility index (Phi) is 3.57. The van der Waals surface area contributed by atoms with Gasteiger partial charge in [0.25, 0.3) is 0 Å². The predicted octanol–water partition coefficient (Wildman–Crippen LogP) is 2.83. The Hall–Kier alpha value is -0.640. The maximum absolute atomic E-state index is 13.4. The molecule has 0 atom stereocenters. The van der Waals surface area contributed by atoms with E-state index >= 15 is 0 Å². The number of piperidine rings is 1. The van der Waals surface area contributed by atoms with E-state index in [0.29, 0.717) is 5.82 Å². The van der Waals surface area contributed by atoms with Crippen molar-refractivity contribution in [3.05, 3.63) is 24.1 Å². The summed E-state index contributed by atoms with van der Waals surface area (Å²) in [6.07, 6.45) is 3.87. The van der Waals surface area contributed by atoms with Crippen molar-refractivity contribution in [1.29, 1.82) is 0 Å². The SMILES string of the molecule is Fc1cccnc1N1CCC(CBr)CC1. The molecule has 1 aliphatic rings. The van der Waals surface area contributed by atoms with E-state index in [9.17, 15) is 4.39 Å². The van der Waals surface area contributed by atoms with Crippen LogP contribution in [-0.4, -0.2) is 23.4 Å². The zero-order valence-electron chi connectivity index (χ0n) is 8.50. The van der Waals surface area contributed by atoms with Gasteiger partial charge in [0.1, 0.15) is 0 Å². The molecule has 0 amide bonds. The van der Waals surface area contributed by atoms with Gasteiger partial charge in [0.05, 0.1) is 0 Å². The Balaban J connectivity index is 2.04. The van der Waals surface area contributed by atoms with Crippen molar-refractivity contribution < 1.29 is 4.39 Å². The molecule has 2 nitrogen and oxygen atoms in total. The highest BCUT2D eigenvalue weighted by atomic mass is 79.9. The number of aromatic nitrogens is 1. The maximum Gasteiger partial charge on any atom is 0.165 e. The topological polar surface area (TPSA) is 16.1 Å². The zero-order valence-corrected chi connectivity index (χ0v) is 10.1. The second-order valence-electron chi connectivity index (χ2n) is 3.89. The standard InChI is InChI=1S/C11H14BrFN2/c12-8-9-3-6-15(7-4-9)11-10(13)2-1-5-14-11/h1-2,5,9H,3-4,6-8H2. The van der Waals surface area contributed by atoms with Gasteiger partial charge in [-0.15, -0.1) is 0 Å². The molecule has 1 saturated heterocycles. The molecule has 0 N–H and O–H groups in total. The van der Waals surface area contributed by atoms with Crippen LogP contribution in [0.3, 0.4) is 0 Å². The molecule has 15 heavy (non-hydrogen) atoms. The highest BCUT2D eigenvalue weighted by molar-refractivity contribution is 9.09. The van der Waals surface area contributed by atoms with Crippen molar-refractivity contribution in [3.8, 4) is 0 Å². The Morgan fingerprint density at radius 2 is 2.20 bits per heavy atom. The molecule has 1 aromatic rings. The molecule has 1 fully saturated rings. The van der Waals surface area contributed by atoms with E-state index in [-0.39, 0.29) is 5.82 Å². The van der Waals surface area contributed by atoms with Crippen LogP contribution in [0, 0.1) is 11.7 Å². The maximum atomic E-state index is 13.4. The molecule has 0 aliphatic carbocycles. The third-order valence-electron chi connectivity index (χ3n) is 2.87. The number of pyridine rings is 1. The lowest BCUT2D eigenvalue weighted by atomic mass is 9.99. The van der Waals surface area contributed by atoms with Gasteiger partial charge < -0.3 is 4.90 Å². The fourth-order valence-corrected chi connectivity index (χ4v) is 2.56. The summed E-state index contributed by atoms with van der Waals surface area (Å²) in [7, 11) is 0. The average molecular weight is 273 g/mol. The van der Waals surface area contributed by atoms with Gasteiger partial charge in [-0.05, 0) is 30.9 Å². The average Bonchev–Trinajstić information content (AvgIpc) is 2.30. The molecular formula is C11H14BrFN2. The van der Waals surface area contributed by atoms with Crippen molar-refractivity contribution in [2.75, 3.05) is 23.3 Å². The number of nitrogens with zero attached hydrogens (tertiary/aromatic N) is 2. The second kappa shape index (κ2) is 4.92. The predicted molar refractivity (Wildman–Crippen MR) is 62.9 cm³/mol. The van der Waals surface area contributed by atoms with Crippen LogP contribution in [0.25, 0.3) is 0 Å². The van der Waals surface area contributed by atoms with Crippen LogP contribution in [0.2, 0.25) is 0 Å². The first kappa shape index (κ1) is 10.9. The molecule has 1 aromatic heterocycles. The Morgan fingerprint density at radius 1 is 1.47 bits per heavy atom. The van der Waals surface area contributed by atoms with E-state index in [2.05, 4.69) is 20.9 Å². The van der Waals surface area contributed by atoms with Crippen molar-refractivity contribution in [3.63, 3.8) is 0 Å². The van der Waals surface area contributed by atoms with Crippen LogP contribution < -0.4 is 4.90 Å². The highest BCUT2D eigenvalue weighted by Crippen LogP contribution is 2.24. The van der Waals surface area contributed by atoms with E-state index in [0.717, 1.165) is 37.2 Å². The summed E-state index contributed by atoms with van der Waals surface area (Å²) in [6.45, 7) is 1.81. The molecule has 2 rings (SSSR count). The van der Waals surface area contributed by atoms with Gasteiger partial charge in [-0.3, -0.25) is 0 Å². The van der Waals surface area contributed by atoms with Crippen molar-refractivity contribution in [1.82, 2.24) is 4.98 Å². The first-order valence-corrected chi connectivity index (χ1v) is 6.35. The van der Waals surface area contributed by atoms with Gasteiger partial charge in [0, 0.05) is 24.6 Å². The highest BCUT2D eigenvalue weighted by Gasteiger charge is 2.20. The molecule has 82 valence electrons. The third kappa shape index (κ3) is 2.48. The Labute approximate surface area is 97.6 Å². The Morgan fingerprint density at radius 3 is 2.80 bits per heavy atom. The largest absolute Gasteiger partial charge is 0.354 e. The minimum atomic E-state index is -0.213. The van der Waals surface area contributed by atoms with E-state index < -0.39 is 0 Å². The molecule has 2 heterocycles. The fourth-order valence-electron chi connectivity index (χ4n) is 1.91. The van der Waals surface area contributed by atoms with Gasteiger partial charge in [-0.2, -0.15) is 0 Å². The Bertz CT molecular complexity index is 324. The van der Waals surface area contributed by atoms with Crippen LogP contribution in [-0.2, 0) is 0 Å². The summed E-state index contributed by atoms with van der Waals surface area (Å²) in [5.41, 5.74) is 0. The van der Waals surface area contributed by atoms with E-state index in [4.69, 9.17) is 0 Å². The molecule has 0 spiro atoms. The summed E-state index contributed by atoms with van der Waals surface area (Å²) in [4.78, 5) is 6.13. The fraction of sp³-hybridized carbons (Fsp3) is 0.545. The summed E-state index contributed by atoms with van der Waals surface area (Å²) >= 11 is 3.49. The smallest absolute Gasteiger partial charge is 0.165 e. The molecule has 1 aliphatic heterocycles. The summed E-state index contributed by atoms with van der Waals surface area (Å²) in [6, 6.07) is 3.10. The van der Waals surface area contributed by atoms with Gasteiger partial charge in [0.2, 0.25) is 0 Å². The van der Waals surface area contributed by atoms with Gasteiger partial charge in [-0.25, -0.2) is 9.37 Å². The van der Waals surface area contributed by atoms with E-state index in [1.807, 2.05) is 4.90 Å². The lowest BCUT2D eigenvalue weighted by Crippen LogP contribution is -2.35. The number of anilines is 1. The van der Waals surface area contributed by atoms with Crippen LogP contribution in [0.4, 0.5) is 10.2 Å². The lowest BCUT2D eigenvalue weighted by Gasteiger charge is -2.32. The summed E-state index contributed by atoms with van der Waals surface area (Å²) in [5.74, 6) is 1.02. The molecular weight excluding hydrogens is 259 g/mol. The molecule has 0 saturated carbocycles. The molecule has 0 unspecified atom stereocenters. The minimum absolute atomic E-state index is 0.213.